The number of ether oxygens (including phenoxy) is 1. The molecule has 1 aromatic rings. The predicted molar refractivity (Wildman–Crippen MR) is 69.5 cm³/mol. The van der Waals surface area contributed by atoms with Crippen molar-refractivity contribution in [1.82, 2.24) is 5.32 Å². The highest BCUT2D eigenvalue weighted by Gasteiger charge is 2.14. The van der Waals surface area contributed by atoms with Crippen LogP contribution in [0.5, 0.6) is 0 Å². The summed E-state index contributed by atoms with van der Waals surface area (Å²) in [7, 11) is 0. The van der Waals surface area contributed by atoms with Crippen LogP contribution in [0.4, 0.5) is 0 Å². The average molecular weight is 292 g/mol. The molecule has 0 amide bonds. The van der Waals surface area contributed by atoms with Crippen LogP contribution in [0.15, 0.2) is 15.2 Å². The number of hydrogen-bond donors (Lipinski definition) is 1. The summed E-state index contributed by atoms with van der Waals surface area (Å²) < 4.78 is 6.83. The number of likely N-dealkylation sites (N-methyl/N-ethyl adjacent to an activating group) is 1. The number of thiophene rings is 1. The van der Waals surface area contributed by atoms with Crippen molar-refractivity contribution in [3.05, 3.63) is 20.8 Å². The second-order valence-electron chi connectivity index (χ2n) is 3.67. The smallest absolute Gasteiger partial charge is 0.0665 e. The van der Waals surface area contributed by atoms with E-state index in [1.54, 1.807) is 11.3 Å². The summed E-state index contributed by atoms with van der Waals surface area (Å²) in [5.74, 6) is 0. The Bertz CT molecular complexity index is 288. The van der Waals surface area contributed by atoms with E-state index in [1.807, 2.05) is 0 Å². The standard InChI is InChI=1S/C11H18BrNOS/c1-4-13-11(5-14-8(2)3)9-6-15-7-10(9)12/h6-8,11,13H,4-5H2,1-3H3. The Labute approximate surface area is 104 Å². The summed E-state index contributed by atoms with van der Waals surface area (Å²) in [5, 5.41) is 7.71. The summed E-state index contributed by atoms with van der Waals surface area (Å²) in [5.41, 5.74) is 1.29. The van der Waals surface area contributed by atoms with Crippen molar-refractivity contribution in [1.29, 1.82) is 0 Å². The minimum Gasteiger partial charge on any atom is -0.377 e. The third-order valence-electron chi connectivity index (χ3n) is 2.06. The van der Waals surface area contributed by atoms with Crippen LogP contribution in [0.2, 0.25) is 0 Å². The van der Waals surface area contributed by atoms with E-state index in [4.69, 9.17) is 4.74 Å². The molecular weight excluding hydrogens is 274 g/mol. The van der Waals surface area contributed by atoms with Gasteiger partial charge < -0.3 is 10.1 Å². The molecule has 0 aliphatic rings. The largest absolute Gasteiger partial charge is 0.377 e. The van der Waals surface area contributed by atoms with Crippen molar-refractivity contribution in [2.75, 3.05) is 13.2 Å². The summed E-state index contributed by atoms with van der Waals surface area (Å²) in [6.07, 6.45) is 0.281. The molecular formula is C11H18BrNOS. The van der Waals surface area contributed by atoms with E-state index in [0.717, 1.165) is 13.2 Å². The molecule has 0 fully saturated rings. The van der Waals surface area contributed by atoms with E-state index in [1.165, 1.54) is 10.0 Å². The molecule has 1 aromatic heterocycles. The fraction of sp³-hybridized carbons (Fsp3) is 0.636. The molecule has 15 heavy (non-hydrogen) atoms. The molecule has 86 valence electrons. The molecule has 1 N–H and O–H groups in total. The van der Waals surface area contributed by atoms with E-state index in [9.17, 15) is 0 Å². The van der Waals surface area contributed by atoms with E-state index >= 15 is 0 Å². The Balaban J connectivity index is 2.61. The lowest BCUT2D eigenvalue weighted by atomic mass is 10.1. The molecule has 2 nitrogen and oxygen atoms in total. The Hall–Kier alpha value is 0.100. The molecule has 4 heteroatoms. The minimum absolute atomic E-state index is 0.281. The number of hydrogen-bond acceptors (Lipinski definition) is 3. The topological polar surface area (TPSA) is 21.3 Å². The second-order valence-corrected chi connectivity index (χ2v) is 5.27. The van der Waals surface area contributed by atoms with Gasteiger partial charge in [-0.25, -0.2) is 0 Å². The predicted octanol–water partition coefficient (Wildman–Crippen LogP) is 3.59. The lowest BCUT2D eigenvalue weighted by Gasteiger charge is -2.19. The highest BCUT2D eigenvalue weighted by molar-refractivity contribution is 9.10. The van der Waals surface area contributed by atoms with Crippen LogP contribution in [-0.4, -0.2) is 19.3 Å². The van der Waals surface area contributed by atoms with Crippen molar-refractivity contribution in [2.24, 2.45) is 0 Å². The van der Waals surface area contributed by atoms with Gasteiger partial charge >= 0.3 is 0 Å². The monoisotopic (exact) mass is 291 g/mol. The maximum Gasteiger partial charge on any atom is 0.0665 e. The maximum absolute atomic E-state index is 5.66. The van der Waals surface area contributed by atoms with Gasteiger partial charge in [-0.05, 0) is 47.3 Å². The zero-order chi connectivity index (χ0) is 11.3. The molecule has 0 saturated heterocycles. The summed E-state index contributed by atoms with van der Waals surface area (Å²) >= 11 is 5.27. The molecule has 1 rings (SSSR count). The highest BCUT2D eigenvalue weighted by Crippen LogP contribution is 2.27. The molecule has 1 unspecified atom stereocenters. The van der Waals surface area contributed by atoms with Gasteiger partial charge in [0.1, 0.15) is 0 Å². The van der Waals surface area contributed by atoms with Crippen LogP contribution in [0.3, 0.4) is 0 Å². The van der Waals surface area contributed by atoms with Crippen LogP contribution < -0.4 is 5.32 Å². The molecule has 0 aromatic carbocycles. The van der Waals surface area contributed by atoms with Crippen molar-refractivity contribution in [3.8, 4) is 0 Å². The Morgan fingerprint density at radius 2 is 2.20 bits per heavy atom. The third kappa shape index (κ3) is 4.23. The first-order chi connectivity index (χ1) is 7.15. The fourth-order valence-electron chi connectivity index (χ4n) is 1.33. The quantitative estimate of drug-likeness (QED) is 0.865. The minimum atomic E-state index is 0.281. The molecule has 1 atom stereocenters. The van der Waals surface area contributed by atoms with Crippen molar-refractivity contribution in [2.45, 2.75) is 32.9 Å². The van der Waals surface area contributed by atoms with Crippen molar-refractivity contribution in [3.63, 3.8) is 0 Å². The zero-order valence-electron chi connectivity index (χ0n) is 9.42. The summed E-state index contributed by atoms with van der Waals surface area (Å²) in [4.78, 5) is 0. The molecule has 0 radical (unpaired) electrons. The lowest BCUT2D eigenvalue weighted by Crippen LogP contribution is -2.26. The van der Waals surface area contributed by atoms with Crippen LogP contribution in [0.1, 0.15) is 32.4 Å². The van der Waals surface area contributed by atoms with Crippen molar-refractivity contribution < 1.29 is 4.74 Å². The Kier molecular flexibility index (Phi) is 5.82. The second kappa shape index (κ2) is 6.63. The van der Waals surface area contributed by atoms with E-state index in [2.05, 4.69) is 52.8 Å². The zero-order valence-corrected chi connectivity index (χ0v) is 11.8. The van der Waals surface area contributed by atoms with Gasteiger partial charge in [0.2, 0.25) is 0 Å². The number of halogens is 1. The number of nitrogens with one attached hydrogen (secondary N) is 1. The van der Waals surface area contributed by atoms with Gasteiger partial charge in [0.05, 0.1) is 18.8 Å². The van der Waals surface area contributed by atoms with Gasteiger partial charge in [-0.1, -0.05) is 6.92 Å². The van der Waals surface area contributed by atoms with Crippen LogP contribution >= 0.6 is 27.3 Å². The van der Waals surface area contributed by atoms with E-state index in [-0.39, 0.29) is 12.1 Å². The normalized spacial score (nSPS) is 13.4. The van der Waals surface area contributed by atoms with Gasteiger partial charge in [0.15, 0.2) is 0 Å². The Morgan fingerprint density at radius 1 is 1.47 bits per heavy atom. The van der Waals surface area contributed by atoms with Gasteiger partial charge in [0, 0.05) is 9.85 Å². The Morgan fingerprint density at radius 3 is 2.67 bits per heavy atom. The SMILES string of the molecule is CCNC(COC(C)C)c1cscc1Br. The number of rotatable bonds is 6. The van der Waals surface area contributed by atoms with Gasteiger partial charge in [0.25, 0.3) is 0 Å². The van der Waals surface area contributed by atoms with Crippen LogP contribution in [0.25, 0.3) is 0 Å². The van der Waals surface area contributed by atoms with Crippen LogP contribution in [0, 0.1) is 0 Å². The van der Waals surface area contributed by atoms with E-state index in [0.29, 0.717) is 0 Å². The van der Waals surface area contributed by atoms with Crippen molar-refractivity contribution >= 4 is 27.3 Å². The fourth-order valence-corrected chi connectivity index (χ4v) is 2.96. The van der Waals surface area contributed by atoms with Gasteiger partial charge in [-0.15, -0.1) is 0 Å². The summed E-state index contributed by atoms with van der Waals surface area (Å²) in [6, 6.07) is 0.290. The van der Waals surface area contributed by atoms with E-state index < -0.39 is 0 Å². The lowest BCUT2D eigenvalue weighted by molar-refractivity contribution is 0.0614. The van der Waals surface area contributed by atoms with Gasteiger partial charge in [-0.3, -0.25) is 0 Å². The van der Waals surface area contributed by atoms with Gasteiger partial charge in [-0.2, -0.15) is 11.3 Å². The molecule has 0 aliphatic heterocycles. The summed E-state index contributed by atoms with van der Waals surface area (Å²) in [6.45, 7) is 7.91. The molecule has 0 saturated carbocycles. The first-order valence-corrected chi connectivity index (χ1v) is 6.95. The maximum atomic E-state index is 5.66. The molecule has 0 spiro atoms. The first kappa shape index (κ1) is 13.2. The molecule has 0 bridgehead atoms. The average Bonchev–Trinajstić information content (AvgIpc) is 2.59. The molecule has 1 heterocycles. The first-order valence-electron chi connectivity index (χ1n) is 5.21. The van der Waals surface area contributed by atoms with Crippen LogP contribution in [-0.2, 0) is 4.74 Å². The third-order valence-corrected chi connectivity index (χ3v) is 3.82. The highest BCUT2D eigenvalue weighted by atomic mass is 79.9. The molecule has 0 aliphatic carbocycles.